The molecule has 0 fully saturated rings. The van der Waals surface area contributed by atoms with E-state index >= 15 is 0 Å². The summed E-state index contributed by atoms with van der Waals surface area (Å²) in [4.78, 5) is 26.9. The van der Waals surface area contributed by atoms with E-state index < -0.39 is 17.9 Å². The Morgan fingerprint density at radius 1 is 1.50 bits per heavy atom. The summed E-state index contributed by atoms with van der Waals surface area (Å²) in [6.45, 7) is 3.57. The molecule has 5 nitrogen and oxygen atoms in total. The summed E-state index contributed by atoms with van der Waals surface area (Å²) in [7, 11) is 0. The molecule has 1 aromatic rings. The van der Waals surface area contributed by atoms with Crippen molar-refractivity contribution in [1.82, 2.24) is 4.98 Å². The van der Waals surface area contributed by atoms with Crippen molar-refractivity contribution >= 4 is 27.9 Å². The number of rotatable bonds is 5. The Bertz CT molecular complexity index is 432. The van der Waals surface area contributed by atoms with E-state index in [1.807, 2.05) is 6.92 Å². The minimum atomic E-state index is -1.38. The molecule has 1 N–H and O–H groups in total. The highest BCUT2D eigenvalue weighted by Gasteiger charge is 2.32. The summed E-state index contributed by atoms with van der Waals surface area (Å²) >= 11 is 3.19. The number of halogens is 1. The number of nitrogens with zero attached hydrogens (tertiary/aromatic N) is 1. The number of ether oxygens (including phenoxy) is 1. The number of hydrogen-bond acceptors (Lipinski definition) is 4. The lowest BCUT2D eigenvalue weighted by molar-refractivity contribution is -0.157. The maximum Gasteiger partial charge on any atom is 0.326 e. The van der Waals surface area contributed by atoms with E-state index in [1.54, 1.807) is 13.0 Å². The molecule has 0 saturated heterocycles. The van der Waals surface area contributed by atoms with Gasteiger partial charge in [-0.25, -0.2) is 0 Å². The predicted molar refractivity (Wildman–Crippen MR) is 68.2 cm³/mol. The maximum absolute atomic E-state index is 11.8. The van der Waals surface area contributed by atoms with Gasteiger partial charge in [0.05, 0.1) is 11.8 Å². The highest BCUT2D eigenvalue weighted by atomic mass is 79.9. The van der Waals surface area contributed by atoms with E-state index in [0.29, 0.717) is 10.9 Å². The third-order valence-corrected chi connectivity index (χ3v) is 2.89. The zero-order chi connectivity index (χ0) is 13.7. The van der Waals surface area contributed by atoms with Gasteiger partial charge in [0, 0.05) is 10.7 Å². The molecule has 18 heavy (non-hydrogen) atoms. The molecule has 0 radical (unpaired) electrons. The lowest BCUT2D eigenvalue weighted by Gasteiger charge is -2.15. The fourth-order valence-corrected chi connectivity index (χ4v) is 1.49. The summed E-state index contributed by atoms with van der Waals surface area (Å²) in [5.41, 5.74) is 0.166. The van der Waals surface area contributed by atoms with Gasteiger partial charge in [0.2, 0.25) is 0 Å². The first-order chi connectivity index (χ1) is 8.45. The van der Waals surface area contributed by atoms with Gasteiger partial charge in [0.25, 0.3) is 0 Å². The molecular formula is C12H14BrNO4. The van der Waals surface area contributed by atoms with Crippen LogP contribution in [0.2, 0.25) is 0 Å². The molecule has 2 unspecified atom stereocenters. The fourth-order valence-electron chi connectivity index (χ4n) is 1.26. The van der Waals surface area contributed by atoms with Gasteiger partial charge in [-0.1, -0.05) is 6.92 Å². The van der Waals surface area contributed by atoms with Crippen LogP contribution in [-0.2, 0) is 14.3 Å². The Labute approximate surface area is 113 Å². The molecule has 1 heterocycles. The molecule has 0 saturated carbocycles. The molecule has 0 spiro atoms. The molecule has 1 aromatic heterocycles. The van der Waals surface area contributed by atoms with E-state index in [9.17, 15) is 9.59 Å². The summed E-state index contributed by atoms with van der Waals surface area (Å²) in [5, 5.41) is 9.10. The number of esters is 1. The second-order valence-corrected chi connectivity index (χ2v) is 4.74. The van der Waals surface area contributed by atoms with E-state index in [-0.39, 0.29) is 11.8 Å². The van der Waals surface area contributed by atoms with Crippen molar-refractivity contribution in [3.05, 3.63) is 28.5 Å². The van der Waals surface area contributed by atoms with Crippen molar-refractivity contribution in [2.45, 2.75) is 32.3 Å². The number of aliphatic carboxylic acids is 1. The van der Waals surface area contributed by atoms with Crippen LogP contribution in [0, 0.1) is 0 Å². The van der Waals surface area contributed by atoms with Crippen LogP contribution in [-0.4, -0.2) is 28.1 Å². The highest BCUT2D eigenvalue weighted by Crippen LogP contribution is 2.19. The van der Waals surface area contributed by atoms with Gasteiger partial charge in [-0.2, -0.15) is 0 Å². The number of pyridine rings is 1. The van der Waals surface area contributed by atoms with Gasteiger partial charge in [-0.15, -0.1) is 0 Å². The Kier molecular flexibility index (Phi) is 5.27. The molecule has 6 heteroatoms. The van der Waals surface area contributed by atoms with Crippen LogP contribution < -0.4 is 0 Å². The van der Waals surface area contributed by atoms with Crippen LogP contribution in [0.1, 0.15) is 31.9 Å². The van der Waals surface area contributed by atoms with Gasteiger partial charge in [0.15, 0.2) is 5.92 Å². The summed E-state index contributed by atoms with van der Waals surface area (Å²) in [5.74, 6) is -3.43. The molecule has 0 aromatic carbocycles. The van der Waals surface area contributed by atoms with Crippen LogP contribution in [0.3, 0.4) is 0 Å². The molecule has 0 aliphatic carbocycles. The average molecular weight is 316 g/mol. The molecule has 1 rings (SSSR count). The smallest absolute Gasteiger partial charge is 0.326 e. The molecule has 0 bridgehead atoms. The number of carboxylic acids is 1. The first-order valence-electron chi connectivity index (χ1n) is 5.50. The van der Waals surface area contributed by atoms with Gasteiger partial charge in [0.1, 0.15) is 0 Å². The lowest BCUT2D eigenvalue weighted by atomic mass is 10.1. The van der Waals surface area contributed by atoms with Crippen molar-refractivity contribution in [1.29, 1.82) is 0 Å². The van der Waals surface area contributed by atoms with Crippen LogP contribution in [0.15, 0.2) is 22.8 Å². The third kappa shape index (κ3) is 3.80. The first-order valence-corrected chi connectivity index (χ1v) is 6.29. The van der Waals surface area contributed by atoms with Crippen LogP contribution in [0.25, 0.3) is 0 Å². The SMILES string of the molecule is CCC(C)OC(=O)C(C(=O)O)c1ccc(Br)cn1. The van der Waals surface area contributed by atoms with Crippen molar-refractivity contribution < 1.29 is 19.4 Å². The Morgan fingerprint density at radius 2 is 2.17 bits per heavy atom. The van der Waals surface area contributed by atoms with Crippen molar-refractivity contribution in [2.75, 3.05) is 0 Å². The molecule has 0 amide bonds. The number of aromatic nitrogens is 1. The largest absolute Gasteiger partial charge is 0.480 e. The minimum Gasteiger partial charge on any atom is -0.480 e. The van der Waals surface area contributed by atoms with E-state index in [0.717, 1.165) is 0 Å². The second kappa shape index (κ2) is 6.49. The van der Waals surface area contributed by atoms with Gasteiger partial charge in [-0.05, 0) is 41.4 Å². The van der Waals surface area contributed by atoms with Crippen LogP contribution in [0.4, 0.5) is 0 Å². The Balaban J connectivity index is 2.92. The zero-order valence-corrected chi connectivity index (χ0v) is 11.7. The Hall–Kier alpha value is -1.43. The van der Waals surface area contributed by atoms with Crippen molar-refractivity contribution in [2.24, 2.45) is 0 Å². The predicted octanol–water partition coefficient (Wildman–Crippen LogP) is 2.35. The average Bonchev–Trinajstić information content (AvgIpc) is 2.31. The molecular weight excluding hydrogens is 302 g/mol. The van der Waals surface area contributed by atoms with Crippen molar-refractivity contribution in [3.8, 4) is 0 Å². The molecule has 2 atom stereocenters. The topological polar surface area (TPSA) is 76.5 Å². The number of carbonyl (C=O) groups is 2. The maximum atomic E-state index is 11.8. The minimum absolute atomic E-state index is 0.166. The standard InChI is InChI=1S/C12H14BrNO4/c1-3-7(2)18-12(17)10(11(15)16)9-5-4-8(13)6-14-9/h4-7,10H,3H2,1-2H3,(H,15,16). The number of carboxylic acid groups (broad SMARTS) is 1. The van der Waals surface area contributed by atoms with Crippen molar-refractivity contribution in [3.63, 3.8) is 0 Å². The van der Waals surface area contributed by atoms with Crippen LogP contribution in [0.5, 0.6) is 0 Å². The number of hydrogen-bond donors (Lipinski definition) is 1. The van der Waals surface area contributed by atoms with E-state index in [2.05, 4.69) is 20.9 Å². The van der Waals surface area contributed by atoms with E-state index in [1.165, 1.54) is 12.3 Å². The lowest BCUT2D eigenvalue weighted by Crippen LogP contribution is -2.27. The quantitative estimate of drug-likeness (QED) is 0.666. The third-order valence-electron chi connectivity index (χ3n) is 2.42. The fraction of sp³-hybridized carbons (Fsp3) is 0.417. The second-order valence-electron chi connectivity index (χ2n) is 3.83. The van der Waals surface area contributed by atoms with Crippen LogP contribution >= 0.6 is 15.9 Å². The first kappa shape index (κ1) is 14.6. The molecule has 0 aliphatic heterocycles. The van der Waals surface area contributed by atoms with Gasteiger partial charge < -0.3 is 9.84 Å². The normalized spacial score (nSPS) is 13.7. The highest BCUT2D eigenvalue weighted by molar-refractivity contribution is 9.10. The summed E-state index contributed by atoms with van der Waals surface area (Å²) < 4.78 is 5.75. The van der Waals surface area contributed by atoms with E-state index in [4.69, 9.17) is 9.84 Å². The van der Waals surface area contributed by atoms with Gasteiger partial charge >= 0.3 is 11.9 Å². The zero-order valence-electron chi connectivity index (χ0n) is 10.1. The molecule has 0 aliphatic rings. The summed E-state index contributed by atoms with van der Waals surface area (Å²) in [6.07, 6.45) is 1.77. The Morgan fingerprint density at radius 3 is 2.61 bits per heavy atom. The van der Waals surface area contributed by atoms with Gasteiger partial charge in [-0.3, -0.25) is 14.6 Å². The molecule has 98 valence electrons. The summed E-state index contributed by atoms with van der Waals surface area (Å²) in [6, 6.07) is 3.12. The number of carbonyl (C=O) groups excluding carboxylic acids is 1. The monoisotopic (exact) mass is 315 g/mol.